The van der Waals surface area contributed by atoms with Gasteiger partial charge in [-0.1, -0.05) is 36.8 Å². The molecule has 1 aromatic rings. The van der Waals surface area contributed by atoms with Crippen molar-refractivity contribution < 1.29 is 8.42 Å². The zero-order valence-electron chi connectivity index (χ0n) is 11.0. The molecule has 0 radical (unpaired) electrons. The second-order valence-electron chi connectivity index (χ2n) is 4.70. The predicted octanol–water partition coefficient (Wildman–Crippen LogP) is 1.88. The lowest BCUT2D eigenvalue weighted by molar-refractivity contribution is 0.573. The van der Waals surface area contributed by atoms with Crippen molar-refractivity contribution in [2.45, 2.75) is 29.4 Å². The van der Waals surface area contributed by atoms with Crippen molar-refractivity contribution in [1.29, 1.82) is 0 Å². The number of nitrogens with two attached hydrogens (primary N) is 1. The van der Waals surface area contributed by atoms with E-state index in [0.717, 1.165) is 12.2 Å². The highest BCUT2D eigenvalue weighted by Crippen LogP contribution is 2.25. The topological polar surface area (TPSA) is 72.2 Å². The van der Waals surface area contributed by atoms with Crippen molar-refractivity contribution in [2.75, 3.05) is 12.3 Å². The SMILES string of the molecule is NC(=S)c1ccccc1S(=O)(=O)NCC1CCCCS1. The molecule has 1 aliphatic rings. The Morgan fingerprint density at radius 1 is 1.40 bits per heavy atom. The number of benzene rings is 1. The first-order valence-corrected chi connectivity index (χ1v) is 9.45. The van der Waals surface area contributed by atoms with Crippen molar-refractivity contribution in [1.82, 2.24) is 4.72 Å². The Morgan fingerprint density at radius 2 is 2.15 bits per heavy atom. The van der Waals surface area contributed by atoms with Crippen LogP contribution in [-0.2, 0) is 10.0 Å². The third-order valence-corrected chi connectivity index (χ3v) is 6.32. The molecule has 0 amide bonds. The van der Waals surface area contributed by atoms with E-state index in [0.29, 0.717) is 17.4 Å². The maximum atomic E-state index is 12.4. The van der Waals surface area contributed by atoms with Crippen LogP contribution < -0.4 is 10.5 Å². The molecule has 0 aromatic heterocycles. The smallest absolute Gasteiger partial charge is 0.241 e. The van der Waals surface area contributed by atoms with E-state index < -0.39 is 10.0 Å². The average molecular weight is 331 g/mol. The van der Waals surface area contributed by atoms with Gasteiger partial charge in [0.1, 0.15) is 4.99 Å². The zero-order chi connectivity index (χ0) is 14.6. The maximum Gasteiger partial charge on any atom is 0.241 e. The molecule has 7 heteroatoms. The van der Waals surface area contributed by atoms with Gasteiger partial charge in [0.05, 0.1) is 4.90 Å². The summed E-state index contributed by atoms with van der Waals surface area (Å²) in [5.41, 5.74) is 5.98. The lowest BCUT2D eigenvalue weighted by Gasteiger charge is -2.21. The van der Waals surface area contributed by atoms with Crippen LogP contribution in [0.25, 0.3) is 0 Å². The number of thioether (sulfide) groups is 1. The fraction of sp³-hybridized carbons (Fsp3) is 0.462. The van der Waals surface area contributed by atoms with E-state index in [9.17, 15) is 8.42 Å². The summed E-state index contributed by atoms with van der Waals surface area (Å²) in [6, 6.07) is 6.56. The fourth-order valence-electron chi connectivity index (χ4n) is 2.15. The van der Waals surface area contributed by atoms with Gasteiger partial charge in [-0.05, 0) is 24.7 Å². The molecule has 1 heterocycles. The number of sulfonamides is 1. The van der Waals surface area contributed by atoms with E-state index in [-0.39, 0.29) is 9.88 Å². The molecule has 110 valence electrons. The van der Waals surface area contributed by atoms with E-state index >= 15 is 0 Å². The average Bonchev–Trinajstić information content (AvgIpc) is 2.46. The summed E-state index contributed by atoms with van der Waals surface area (Å²) in [5.74, 6) is 1.11. The first-order chi connectivity index (χ1) is 9.50. The molecule has 4 nitrogen and oxygen atoms in total. The van der Waals surface area contributed by atoms with Gasteiger partial charge in [0.15, 0.2) is 0 Å². The van der Waals surface area contributed by atoms with Gasteiger partial charge in [-0.3, -0.25) is 0 Å². The second-order valence-corrected chi connectivity index (χ2v) is 8.28. The Bertz CT molecular complexity index is 581. The van der Waals surface area contributed by atoms with Crippen molar-refractivity contribution in [3.05, 3.63) is 29.8 Å². The van der Waals surface area contributed by atoms with E-state index in [1.807, 2.05) is 11.8 Å². The highest BCUT2D eigenvalue weighted by atomic mass is 32.2. The standard InChI is InChI=1S/C13H18N2O2S3/c14-13(18)11-6-1-2-7-12(11)20(16,17)15-9-10-5-3-4-8-19-10/h1-2,6-7,10,15H,3-5,8-9H2,(H2,14,18). The summed E-state index contributed by atoms with van der Waals surface area (Å²) < 4.78 is 27.4. The highest BCUT2D eigenvalue weighted by molar-refractivity contribution is 8.00. The molecule has 3 N–H and O–H groups in total. The quantitative estimate of drug-likeness (QED) is 0.807. The van der Waals surface area contributed by atoms with E-state index in [1.54, 1.807) is 18.2 Å². The minimum Gasteiger partial charge on any atom is -0.389 e. The first-order valence-electron chi connectivity index (χ1n) is 6.51. The molecular formula is C13H18N2O2S3. The molecule has 1 saturated heterocycles. The van der Waals surface area contributed by atoms with Crippen LogP contribution in [0.5, 0.6) is 0 Å². The molecule has 0 saturated carbocycles. The van der Waals surface area contributed by atoms with Gasteiger partial charge in [0.25, 0.3) is 0 Å². The van der Waals surface area contributed by atoms with Crippen LogP contribution in [0.2, 0.25) is 0 Å². The van der Waals surface area contributed by atoms with E-state index in [4.69, 9.17) is 18.0 Å². The Hall–Kier alpha value is -0.630. The summed E-state index contributed by atoms with van der Waals surface area (Å²) in [4.78, 5) is 0.256. The van der Waals surface area contributed by atoms with Gasteiger partial charge in [0.2, 0.25) is 10.0 Å². The second kappa shape index (κ2) is 6.89. The number of hydrogen-bond donors (Lipinski definition) is 2. The number of rotatable bonds is 5. The van der Waals surface area contributed by atoms with E-state index in [2.05, 4.69) is 4.72 Å². The van der Waals surface area contributed by atoms with Crippen LogP contribution in [0.3, 0.4) is 0 Å². The van der Waals surface area contributed by atoms with Crippen LogP contribution in [0, 0.1) is 0 Å². The summed E-state index contributed by atoms with van der Waals surface area (Å²) in [6.07, 6.45) is 3.45. The number of hydrogen-bond acceptors (Lipinski definition) is 4. The molecule has 0 spiro atoms. The van der Waals surface area contributed by atoms with Crippen molar-refractivity contribution >= 4 is 39.0 Å². The van der Waals surface area contributed by atoms with Crippen LogP contribution in [0.15, 0.2) is 29.2 Å². The molecule has 1 aromatic carbocycles. The molecule has 2 rings (SSSR count). The molecule has 20 heavy (non-hydrogen) atoms. The maximum absolute atomic E-state index is 12.4. The van der Waals surface area contributed by atoms with Gasteiger partial charge in [-0.25, -0.2) is 13.1 Å². The molecular weight excluding hydrogens is 312 g/mol. The van der Waals surface area contributed by atoms with Crippen LogP contribution in [0.4, 0.5) is 0 Å². The van der Waals surface area contributed by atoms with Gasteiger partial charge in [0, 0.05) is 17.4 Å². The third kappa shape index (κ3) is 3.94. The molecule has 1 fully saturated rings. The predicted molar refractivity (Wildman–Crippen MR) is 87.6 cm³/mol. The molecule has 1 atom stereocenters. The van der Waals surface area contributed by atoms with Crippen LogP contribution in [-0.4, -0.2) is 31.0 Å². The normalized spacial score (nSPS) is 19.7. The molecule has 1 unspecified atom stereocenters. The monoisotopic (exact) mass is 330 g/mol. The largest absolute Gasteiger partial charge is 0.389 e. The third-order valence-electron chi connectivity index (χ3n) is 3.22. The fourth-order valence-corrected chi connectivity index (χ4v) is 5.04. The summed E-state index contributed by atoms with van der Waals surface area (Å²) in [6.45, 7) is 0.457. The van der Waals surface area contributed by atoms with Crippen LogP contribution in [0.1, 0.15) is 24.8 Å². The van der Waals surface area contributed by atoms with Crippen molar-refractivity contribution in [2.24, 2.45) is 5.73 Å². The molecule has 1 aliphatic heterocycles. The zero-order valence-corrected chi connectivity index (χ0v) is 13.5. The summed E-state index contributed by atoms with van der Waals surface area (Å²) in [5, 5.41) is 0.357. The minimum atomic E-state index is -3.57. The van der Waals surface area contributed by atoms with Gasteiger partial charge < -0.3 is 5.73 Å². The molecule has 0 aliphatic carbocycles. The van der Waals surface area contributed by atoms with Crippen molar-refractivity contribution in [3.8, 4) is 0 Å². The summed E-state index contributed by atoms with van der Waals surface area (Å²) >= 11 is 6.74. The summed E-state index contributed by atoms with van der Waals surface area (Å²) in [7, 11) is -3.57. The first kappa shape index (κ1) is 15.8. The van der Waals surface area contributed by atoms with Gasteiger partial charge in [-0.2, -0.15) is 11.8 Å². The minimum absolute atomic E-state index is 0.0954. The van der Waals surface area contributed by atoms with Gasteiger partial charge in [-0.15, -0.1) is 0 Å². The lowest BCUT2D eigenvalue weighted by Crippen LogP contribution is -2.33. The highest BCUT2D eigenvalue weighted by Gasteiger charge is 2.22. The van der Waals surface area contributed by atoms with Crippen LogP contribution >= 0.6 is 24.0 Å². The van der Waals surface area contributed by atoms with E-state index in [1.165, 1.54) is 18.9 Å². The Labute approximate surface area is 129 Å². The number of nitrogens with one attached hydrogen (secondary N) is 1. The number of thiocarbonyl (C=S) groups is 1. The Morgan fingerprint density at radius 3 is 2.80 bits per heavy atom. The van der Waals surface area contributed by atoms with Gasteiger partial charge >= 0.3 is 0 Å². The molecule has 0 bridgehead atoms. The van der Waals surface area contributed by atoms with Crippen molar-refractivity contribution in [3.63, 3.8) is 0 Å². The Balaban J connectivity index is 2.12. The Kier molecular flexibility index (Phi) is 5.42. The lowest BCUT2D eigenvalue weighted by atomic mass is 10.2.